The van der Waals surface area contributed by atoms with Crippen LogP contribution in [0, 0.1) is 6.92 Å². The third kappa shape index (κ3) is 3.49. The molecule has 0 saturated carbocycles. The van der Waals surface area contributed by atoms with Gasteiger partial charge in [0.15, 0.2) is 0 Å². The van der Waals surface area contributed by atoms with E-state index in [4.69, 9.17) is 9.26 Å². The van der Waals surface area contributed by atoms with Crippen LogP contribution in [0.5, 0.6) is 5.88 Å². The fourth-order valence-electron chi connectivity index (χ4n) is 4.37. The van der Waals surface area contributed by atoms with E-state index in [-0.39, 0.29) is 11.9 Å². The summed E-state index contributed by atoms with van der Waals surface area (Å²) < 4.78 is 10.8. The summed E-state index contributed by atoms with van der Waals surface area (Å²) in [5.41, 5.74) is 6.41. The van der Waals surface area contributed by atoms with Crippen molar-refractivity contribution >= 4 is 23.1 Å². The summed E-state index contributed by atoms with van der Waals surface area (Å²) in [5.74, 6) is 1.31. The summed E-state index contributed by atoms with van der Waals surface area (Å²) in [6, 6.07) is 14.1. The monoisotopic (exact) mass is 439 g/mol. The number of pyridine rings is 2. The first kappa shape index (κ1) is 19.5. The number of nitrogens with one attached hydrogen (secondary N) is 1. The highest BCUT2D eigenvalue weighted by molar-refractivity contribution is 5.98. The molecule has 1 N–H and O–H groups in total. The van der Waals surface area contributed by atoms with E-state index in [9.17, 15) is 4.79 Å². The minimum atomic E-state index is 0.0963. The second kappa shape index (κ2) is 7.74. The first-order chi connectivity index (χ1) is 16.2. The number of rotatable bonds is 4. The Hall–Kier alpha value is -4.20. The molecule has 1 amide bonds. The van der Waals surface area contributed by atoms with Gasteiger partial charge in [-0.05, 0) is 37.1 Å². The molecule has 0 radical (unpaired) electrons. The van der Waals surface area contributed by atoms with Gasteiger partial charge < -0.3 is 19.5 Å². The SMILES string of the molecule is Cc1conc1-c1ccc(-c2ccc(Nc3cnc4c(c3)N3C(=O)CC[C@H]3CO4)nc2)cc1. The largest absolute Gasteiger partial charge is 0.474 e. The van der Waals surface area contributed by atoms with Crippen LogP contribution in [0.2, 0.25) is 0 Å². The summed E-state index contributed by atoms with van der Waals surface area (Å²) in [4.78, 5) is 23.1. The molecule has 33 heavy (non-hydrogen) atoms. The molecule has 6 rings (SSSR count). The minimum Gasteiger partial charge on any atom is -0.474 e. The molecule has 0 bridgehead atoms. The number of benzene rings is 1. The molecule has 0 spiro atoms. The van der Waals surface area contributed by atoms with Gasteiger partial charge in [0, 0.05) is 29.3 Å². The van der Waals surface area contributed by atoms with Gasteiger partial charge in [-0.25, -0.2) is 9.97 Å². The molecular weight excluding hydrogens is 418 g/mol. The number of aromatic nitrogens is 3. The van der Waals surface area contributed by atoms with Gasteiger partial charge in [-0.15, -0.1) is 0 Å². The Morgan fingerprint density at radius 1 is 1.03 bits per heavy atom. The summed E-state index contributed by atoms with van der Waals surface area (Å²) in [5, 5.41) is 7.33. The molecule has 4 aromatic rings. The summed E-state index contributed by atoms with van der Waals surface area (Å²) in [6.45, 7) is 2.47. The van der Waals surface area contributed by atoms with E-state index in [1.54, 1.807) is 12.5 Å². The van der Waals surface area contributed by atoms with E-state index in [0.29, 0.717) is 24.7 Å². The Morgan fingerprint density at radius 2 is 1.85 bits per heavy atom. The third-order valence-corrected chi connectivity index (χ3v) is 6.10. The number of aryl methyl sites for hydroxylation is 1. The zero-order chi connectivity index (χ0) is 22.4. The van der Waals surface area contributed by atoms with Crippen molar-refractivity contribution in [2.45, 2.75) is 25.8 Å². The van der Waals surface area contributed by atoms with Gasteiger partial charge in [0.25, 0.3) is 0 Å². The lowest BCUT2D eigenvalue weighted by Crippen LogP contribution is -2.40. The number of nitrogens with zero attached hydrogens (tertiary/aromatic N) is 4. The Bertz CT molecular complexity index is 1330. The maximum absolute atomic E-state index is 12.3. The number of anilines is 3. The topological polar surface area (TPSA) is 93.4 Å². The van der Waals surface area contributed by atoms with Crippen LogP contribution in [0.3, 0.4) is 0 Å². The lowest BCUT2D eigenvalue weighted by Gasteiger charge is -2.31. The van der Waals surface area contributed by atoms with E-state index in [2.05, 4.69) is 20.4 Å². The van der Waals surface area contributed by atoms with Crippen molar-refractivity contribution in [1.82, 2.24) is 15.1 Å². The number of fused-ring (bicyclic) bond motifs is 3. The first-order valence-electron chi connectivity index (χ1n) is 10.9. The predicted molar refractivity (Wildman–Crippen MR) is 123 cm³/mol. The van der Waals surface area contributed by atoms with Gasteiger partial charge in [0.05, 0.1) is 17.9 Å². The third-order valence-electron chi connectivity index (χ3n) is 6.10. The van der Waals surface area contributed by atoms with Crippen LogP contribution < -0.4 is 15.0 Å². The van der Waals surface area contributed by atoms with E-state index in [0.717, 1.165) is 45.7 Å². The molecule has 1 fully saturated rings. The molecular formula is C25H21N5O3. The molecule has 164 valence electrons. The number of ether oxygens (including phenoxy) is 1. The molecule has 0 aliphatic carbocycles. The van der Waals surface area contributed by atoms with Gasteiger partial charge in [-0.1, -0.05) is 29.4 Å². The maximum atomic E-state index is 12.3. The van der Waals surface area contributed by atoms with Crippen molar-refractivity contribution in [2.75, 3.05) is 16.8 Å². The molecule has 1 atom stereocenters. The van der Waals surface area contributed by atoms with Crippen molar-refractivity contribution in [1.29, 1.82) is 0 Å². The van der Waals surface area contributed by atoms with E-state index in [1.807, 2.05) is 60.5 Å². The zero-order valence-electron chi connectivity index (χ0n) is 18.0. The average Bonchev–Trinajstić information content (AvgIpc) is 3.45. The molecule has 1 saturated heterocycles. The highest BCUT2D eigenvalue weighted by Gasteiger charge is 2.38. The Labute approximate surface area is 190 Å². The first-order valence-corrected chi connectivity index (χ1v) is 10.9. The quantitative estimate of drug-likeness (QED) is 0.491. The second-order valence-corrected chi connectivity index (χ2v) is 8.30. The predicted octanol–water partition coefficient (Wildman–Crippen LogP) is 4.74. The molecule has 1 aromatic carbocycles. The molecule has 3 aromatic heterocycles. The van der Waals surface area contributed by atoms with Crippen molar-refractivity contribution in [3.05, 3.63) is 66.7 Å². The normalized spacial score (nSPS) is 16.8. The molecule has 0 unspecified atom stereocenters. The number of carbonyl (C=O) groups is 1. The standard InChI is InChI=1S/C25H21N5O3/c1-15-13-33-29-24(15)17-4-2-16(3-5-17)18-6-8-22(26-11-18)28-19-10-21-25(27-12-19)32-14-20-7-9-23(31)30(20)21/h2-6,8,10-13,20H,7,9,14H2,1H3,(H,26,28)/t20-/m0/s1. The molecule has 2 aliphatic heterocycles. The Balaban J connectivity index is 1.20. The highest BCUT2D eigenvalue weighted by atomic mass is 16.5. The van der Waals surface area contributed by atoms with Crippen LogP contribution in [0.15, 0.2) is 65.6 Å². The van der Waals surface area contributed by atoms with Crippen LogP contribution in [0.25, 0.3) is 22.4 Å². The maximum Gasteiger partial charge on any atom is 0.238 e. The van der Waals surface area contributed by atoms with Crippen LogP contribution >= 0.6 is 0 Å². The Kier molecular flexibility index (Phi) is 4.57. The number of hydrogen-bond donors (Lipinski definition) is 1. The number of hydrogen-bond acceptors (Lipinski definition) is 7. The molecule has 5 heterocycles. The Morgan fingerprint density at radius 3 is 2.61 bits per heavy atom. The number of amides is 1. The summed E-state index contributed by atoms with van der Waals surface area (Å²) in [6.07, 6.45) is 6.53. The number of carbonyl (C=O) groups excluding carboxylic acids is 1. The highest BCUT2D eigenvalue weighted by Crippen LogP contribution is 2.39. The average molecular weight is 439 g/mol. The van der Waals surface area contributed by atoms with Crippen molar-refractivity contribution in [2.24, 2.45) is 0 Å². The van der Waals surface area contributed by atoms with Crippen molar-refractivity contribution in [3.8, 4) is 28.3 Å². The van der Waals surface area contributed by atoms with E-state index in [1.165, 1.54) is 0 Å². The van der Waals surface area contributed by atoms with Gasteiger partial charge in [0.1, 0.15) is 30.1 Å². The van der Waals surface area contributed by atoms with Gasteiger partial charge in [-0.2, -0.15) is 0 Å². The van der Waals surface area contributed by atoms with Crippen LogP contribution in [0.4, 0.5) is 17.2 Å². The zero-order valence-corrected chi connectivity index (χ0v) is 18.0. The minimum absolute atomic E-state index is 0.0963. The van der Waals surface area contributed by atoms with Crippen molar-refractivity contribution in [3.63, 3.8) is 0 Å². The van der Waals surface area contributed by atoms with Crippen LogP contribution in [-0.2, 0) is 4.79 Å². The molecule has 2 aliphatic rings. The van der Waals surface area contributed by atoms with E-state index < -0.39 is 0 Å². The smallest absolute Gasteiger partial charge is 0.238 e. The van der Waals surface area contributed by atoms with Gasteiger partial charge in [-0.3, -0.25) is 4.79 Å². The summed E-state index contributed by atoms with van der Waals surface area (Å²) in [7, 11) is 0. The van der Waals surface area contributed by atoms with Crippen molar-refractivity contribution < 1.29 is 14.1 Å². The van der Waals surface area contributed by atoms with E-state index >= 15 is 0 Å². The summed E-state index contributed by atoms with van der Waals surface area (Å²) >= 11 is 0. The van der Waals surface area contributed by atoms with Gasteiger partial charge >= 0.3 is 0 Å². The molecule has 8 heteroatoms. The lowest BCUT2D eigenvalue weighted by atomic mass is 10.0. The fraction of sp³-hybridized carbons (Fsp3) is 0.200. The van der Waals surface area contributed by atoms with Crippen LogP contribution in [-0.4, -0.2) is 33.7 Å². The fourth-order valence-corrected chi connectivity index (χ4v) is 4.37. The second-order valence-electron chi connectivity index (χ2n) is 8.30. The molecule has 8 nitrogen and oxygen atoms in total. The van der Waals surface area contributed by atoms with Crippen LogP contribution in [0.1, 0.15) is 18.4 Å². The van der Waals surface area contributed by atoms with Gasteiger partial charge in [0.2, 0.25) is 11.8 Å². The lowest BCUT2D eigenvalue weighted by molar-refractivity contribution is -0.117.